The summed E-state index contributed by atoms with van der Waals surface area (Å²) in [7, 11) is 1.50. The molecule has 7 heteroatoms. The van der Waals surface area contributed by atoms with Crippen LogP contribution in [0.4, 0.5) is 5.69 Å². The molecule has 7 aromatic rings. The van der Waals surface area contributed by atoms with E-state index in [0.29, 0.717) is 5.82 Å². The maximum atomic E-state index is 6.75. The Bertz CT molecular complexity index is 2880. The van der Waals surface area contributed by atoms with Gasteiger partial charge in [0.15, 0.2) is 0 Å². The molecule has 0 saturated carbocycles. The molecule has 1 aromatic heterocycles. The van der Waals surface area contributed by atoms with E-state index in [4.69, 9.17) is 22.5 Å². The summed E-state index contributed by atoms with van der Waals surface area (Å²) in [6.45, 7) is 6.24. The molecule has 0 aliphatic heterocycles. The van der Waals surface area contributed by atoms with E-state index in [2.05, 4.69) is 151 Å². The molecule has 62 heavy (non-hydrogen) atoms. The Balaban J connectivity index is 0.000000217. The third-order valence-electron chi connectivity index (χ3n) is 11.8. The van der Waals surface area contributed by atoms with E-state index in [1.165, 1.54) is 62.0 Å². The molecule has 6 nitrogen and oxygen atoms in total. The summed E-state index contributed by atoms with van der Waals surface area (Å²) in [4.78, 5) is 0. The second-order valence-corrected chi connectivity index (χ2v) is 15.4. The van der Waals surface area contributed by atoms with Crippen LogP contribution in [0.15, 0.2) is 164 Å². The third kappa shape index (κ3) is 8.32. The van der Waals surface area contributed by atoms with Crippen LogP contribution in [0.3, 0.4) is 0 Å². The first-order valence-electron chi connectivity index (χ1n) is 20.7. The van der Waals surface area contributed by atoms with Crippen LogP contribution in [0.25, 0.3) is 78.0 Å². The number of aryl methyl sites for hydroxylation is 1. The quantitative estimate of drug-likeness (QED) is 0.0979. The minimum atomic E-state index is -0.112. The summed E-state index contributed by atoms with van der Waals surface area (Å²) < 4.78 is 2.08. The van der Waals surface area contributed by atoms with Crippen molar-refractivity contribution in [3.05, 3.63) is 205 Å². The van der Waals surface area contributed by atoms with Crippen molar-refractivity contribution >= 4 is 56.1 Å². The van der Waals surface area contributed by atoms with E-state index in [1.807, 2.05) is 50.3 Å². The Morgan fingerprint density at radius 3 is 2.08 bits per heavy atom. The Morgan fingerprint density at radius 2 is 1.37 bits per heavy atom. The predicted octanol–water partition coefficient (Wildman–Crippen LogP) is 12.6. The monoisotopic (exact) mass is 984 g/mol. The van der Waals surface area contributed by atoms with Gasteiger partial charge >= 0.3 is 21.1 Å². The molecular weight excluding hydrogens is 928 g/mol. The summed E-state index contributed by atoms with van der Waals surface area (Å²) in [5.41, 5.74) is 37.4. The molecule has 0 spiro atoms. The second-order valence-electron chi connectivity index (χ2n) is 15.4. The van der Waals surface area contributed by atoms with Gasteiger partial charge in [-0.05, 0) is 113 Å². The fraction of sp³-hybridized carbons (Fsp3) is 0.145. The smallest absolute Gasteiger partial charge is 0.661 e. The van der Waals surface area contributed by atoms with Crippen molar-refractivity contribution in [2.45, 2.75) is 44.7 Å². The Hall–Kier alpha value is -6.01. The molecule has 8 N–H and O–H groups in total. The number of nitrogens with two attached hydrogens (primary N) is 4. The average molecular weight is 985 g/mol. The van der Waals surface area contributed by atoms with Crippen LogP contribution in [-0.4, -0.2) is 23.7 Å². The van der Waals surface area contributed by atoms with Gasteiger partial charge in [0.1, 0.15) is 0 Å². The van der Waals surface area contributed by atoms with Crippen molar-refractivity contribution < 1.29 is 21.1 Å². The number of allylic oxidation sites excluding steroid dienone is 4. The summed E-state index contributed by atoms with van der Waals surface area (Å²) in [5.74, 6) is 0.665. The van der Waals surface area contributed by atoms with E-state index < -0.39 is 0 Å². The molecule has 4 atom stereocenters. The molecule has 10 rings (SSSR count). The second kappa shape index (κ2) is 19.8. The molecule has 3 aliphatic carbocycles. The first kappa shape index (κ1) is 45.5. The number of hydrogen-bond acceptors (Lipinski definition) is 4. The molecule has 6 aromatic carbocycles. The van der Waals surface area contributed by atoms with E-state index >= 15 is 0 Å². The van der Waals surface area contributed by atoms with Crippen LogP contribution < -0.4 is 22.9 Å². The van der Waals surface area contributed by atoms with Gasteiger partial charge in [-0.25, -0.2) is 0 Å². The number of para-hydroxylation sites is 1. The zero-order valence-corrected chi connectivity index (χ0v) is 39.1. The van der Waals surface area contributed by atoms with Crippen LogP contribution in [0.5, 0.6) is 0 Å². The first-order chi connectivity index (χ1) is 29.4. The number of benzene rings is 6. The van der Waals surface area contributed by atoms with Crippen molar-refractivity contribution in [1.29, 1.82) is 0 Å². The minimum Gasteiger partial charge on any atom is -0.661 e. The summed E-state index contributed by atoms with van der Waals surface area (Å²) in [6.07, 6.45) is 22.4. The molecule has 0 saturated heterocycles. The van der Waals surface area contributed by atoms with Crippen LogP contribution in [0.1, 0.15) is 53.6 Å². The van der Waals surface area contributed by atoms with Gasteiger partial charge in [-0.2, -0.15) is 0 Å². The topological polar surface area (TPSA) is 123 Å². The Morgan fingerprint density at radius 1 is 0.694 bits per heavy atom. The number of aromatic nitrogens is 1. The SMILES string of the molecule is C/C=C\c1ccc([N-]/C=C(/N)n2c3c(c4ccccc42)C(/C=C\C)C(N)C=C3)c(C2C=CC=CC2N)c1.CN.Cc1ccc2c3c(cccc13)-c1cc3ccccc3cc1-2.[CH3-].[W+2]. The van der Waals surface area contributed by atoms with E-state index in [1.54, 1.807) is 6.20 Å². The molecule has 0 fully saturated rings. The molecule has 0 bridgehead atoms. The van der Waals surface area contributed by atoms with Crippen molar-refractivity contribution in [2.75, 3.05) is 7.05 Å². The van der Waals surface area contributed by atoms with E-state index in [9.17, 15) is 0 Å². The Labute approximate surface area is 381 Å². The number of hydrogen-bond donors (Lipinski definition) is 4. The Kier molecular flexibility index (Phi) is 14.5. The minimum absolute atomic E-state index is 0. The van der Waals surface area contributed by atoms with Crippen LogP contribution in [0, 0.1) is 14.4 Å². The first-order valence-corrected chi connectivity index (χ1v) is 20.7. The van der Waals surface area contributed by atoms with Gasteiger partial charge in [-0.15, -0.1) is 11.9 Å². The van der Waals surface area contributed by atoms with Crippen molar-refractivity contribution in [3.63, 3.8) is 0 Å². The third-order valence-corrected chi connectivity index (χ3v) is 11.8. The van der Waals surface area contributed by atoms with E-state index in [-0.39, 0.29) is 52.4 Å². The van der Waals surface area contributed by atoms with Crippen molar-refractivity contribution in [1.82, 2.24) is 4.57 Å². The van der Waals surface area contributed by atoms with Gasteiger partial charge in [0.05, 0.1) is 17.0 Å². The molecule has 4 unspecified atom stereocenters. The van der Waals surface area contributed by atoms with Crippen molar-refractivity contribution in [2.24, 2.45) is 22.9 Å². The largest absolute Gasteiger partial charge is 2.00 e. The number of nitrogens with zero attached hydrogens (tertiary/aromatic N) is 2. The van der Waals surface area contributed by atoms with Gasteiger partial charge in [-0.1, -0.05) is 151 Å². The maximum absolute atomic E-state index is 6.75. The molecule has 312 valence electrons. The predicted molar refractivity (Wildman–Crippen MR) is 265 cm³/mol. The van der Waals surface area contributed by atoms with Crippen LogP contribution in [-0.2, 0) is 21.1 Å². The maximum Gasteiger partial charge on any atom is 2.00 e. The van der Waals surface area contributed by atoms with Gasteiger partial charge in [0.2, 0.25) is 0 Å². The molecule has 0 radical (unpaired) electrons. The van der Waals surface area contributed by atoms with Gasteiger partial charge < -0.3 is 35.7 Å². The summed E-state index contributed by atoms with van der Waals surface area (Å²) >= 11 is 0. The van der Waals surface area contributed by atoms with Gasteiger partial charge in [0.25, 0.3) is 0 Å². The molecule has 0 amide bonds. The van der Waals surface area contributed by atoms with Crippen LogP contribution >= 0.6 is 0 Å². The number of rotatable bonds is 6. The summed E-state index contributed by atoms with van der Waals surface area (Å²) in [6, 6.07) is 38.9. The van der Waals surface area contributed by atoms with Gasteiger partial charge in [-0.3, -0.25) is 4.57 Å². The van der Waals surface area contributed by atoms with E-state index in [0.717, 1.165) is 33.4 Å². The standard InChI is InChI=1S/C32H34N5.C21H14.CH5N.CH3.W/c1-3-9-21-15-17-28(25(19-21)22-11-5-7-13-26(22)33)36-20-31(35)37-29-14-8-6-12-24(29)32-23(10-4-2)27(34)16-18-30(32)37;1-13-9-10-18-20-12-15-6-3-2-5-14(15)11-19(20)17-8-4-7-16(13)21(17)18;1-2;;/h3-20,22-23,26-27H,33-35H2,1-2H3;2-12H,1H3;2H2,1H3;1H3;/q-1;;;-1;+2/b9-3-,10-4-,31-20-;;;;. The molecule has 3 aliphatic rings. The zero-order chi connectivity index (χ0) is 41.9. The van der Waals surface area contributed by atoms with Gasteiger partial charge in [0, 0.05) is 29.3 Å². The fourth-order valence-corrected chi connectivity index (χ4v) is 9.09. The fourth-order valence-electron chi connectivity index (χ4n) is 9.09. The van der Waals surface area contributed by atoms with Crippen molar-refractivity contribution in [3.8, 4) is 22.3 Å². The molecule has 1 heterocycles. The normalized spacial score (nSPS) is 18.1. The molecular formula is C55H56N6W. The number of fused-ring (bicyclic) bond motifs is 7. The summed E-state index contributed by atoms with van der Waals surface area (Å²) in [5, 5.41) is 11.5. The zero-order valence-electron chi connectivity index (χ0n) is 36.2. The van der Waals surface area contributed by atoms with Crippen LogP contribution in [0.2, 0.25) is 0 Å². The average Bonchev–Trinajstić information content (AvgIpc) is 3.78.